The highest BCUT2D eigenvalue weighted by Crippen LogP contribution is 2.26. The van der Waals surface area contributed by atoms with Gasteiger partial charge in [0.15, 0.2) is 0 Å². The van der Waals surface area contributed by atoms with Crippen LogP contribution in [-0.2, 0) is 6.54 Å². The number of oxazole rings is 1. The van der Waals surface area contributed by atoms with Crippen LogP contribution in [0.15, 0.2) is 57.5 Å². The molecule has 0 atom stereocenters. The van der Waals surface area contributed by atoms with Crippen LogP contribution >= 0.6 is 22.9 Å². The van der Waals surface area contributed by atoms with Crippen LogP contribution in [-0.4, -0.2) is 14.5 Å². The van der Waals surface area contributed by atoms with Gasteiger partial charge >= 0.3 is 0 Å². The van der Waals surface area contributed by atoms with Crippen molar-refractivity contribution >= 4 is 33.2 Å². The predicted molar refractivity (Wildman–Crippen MR) is 89.9 cm³/mol. The maximum atomic E-state index is 12.4. The number of thiophene rings is 1. The molecule has 4 aromatic rings. The van der Waals surface area contributed by atoms with Gasteiger partial charge in [-0.2, -0.15) is 0 Å². The summed E-state index contributed by atoms with van der Waals surface area (Å²) < 4.78 is 7.00. The lowest BCUT2D eigenvalue weighted by Crippen LogP contribution is -2.20. The molecule has 7 heteroatoms. The third-order valence-electron chi connectivity index (χ3n) is 3.44. The Morgan fingerprint density at radius 2 is 2.13 bits per heavy atom. The highest BCUT2D eigenvalue weighted by Gasteiger charge is 2.12. The summed E-state index contributed by atoms with van der Waals surface area (Å²) in [5.74, 6) is 0.434. The predicted octanol–water partition coefficient (Wildman–Crippen LogP) is 3.81. The van der Waals surface area contributed by atoms with Crippen molar-refractivity contribution < 1.29 is 4.42 Å². The quantitative estimate of drug-likeness (QED) is 0.567. The minimum Gasteiger partial charge on any atom is -0.444 e. The van der Waals surface area contributed by atoms with Gasteiger partial charge in [0.1, 0.15) is 11.1 Å². The molecule has 114 valence electrons. The first-order valence-corrected chi connectivity index (χ1v) is 8.10. The maximum absolute atomic E-state index is 12.4. The summed E-state index contributed by atoms with van der Waals surface area (Å²) in [5.41, 5.74) is 1.27. The smallest absolute Gasteiger partial charge is 0.262 e. The van der Waals surface area contributed by atoms with Crippen LogP contribution in [0.4, 0.5) is 0 Å². The number of rotatable bonds is 3. The Labute approximate surface area is 139 Å². The first-order chi connectivity index (χ1) is 11.2. The fourth-order valence-corrected chi connectivity index (χ4v) is 3.26. The zero-order chi connectivity index (χ0) is 15.8. The van der Waals surface area contributed by atoms with Crippen LogP contribution in [0, 0.1) is 0 Å². The van der Waals surface area contributed by atoms with Crippen molar-refractivity contribution in [2.45, 2.75) is 6.54 Å². The van der Waals surface area contributed by atoms with E-state index in [1.54, 1.807) is 12.1 Å². The summed E-state index contributed by atoms with van der Waals surface area (Å²) in [7, 11) is 0. The summed E-state index contributed by atoms with van der Waals surface area (Å²) in [6.45, 7) is 0.297. The summed E-state index contributed by atoms with van der Waals surface area (Å²) in [6.07, 6.45) is 3.06. The Balaban J connectivity index is 1.68. The Morgan fingerprint density at radius 1 is 1.26 bits per heavy atom. The van der Waals surface area contributed by atoms with Crippen molar-refractivity contribution in [3.63, 3.8) is 0 Å². The Kier molecular flexibility index (Phi) is 3.48. The fraction of sp³-hybridized carbons (Fsp3) is 0.0625. The first-order valence-electron chi connectivity index (χ1n) is 6.84. The zero-order valence-electron chi connectivity index (χ0n) is 11.8. The SMILES string of the molecule is O=c1c2ccsc2ncn1Cc1coc(-c2ccccc2Cl)n1. The number of halogens is 1. The van der Waals surface area contributed by atoms with Crippen molar-refractivity contribution in [2.24, 2.45) is 0 Å². The molecule has 3 heterocycles. The van der Waals surface area contributed by atoms with E-state index in [1.165, 1.54) is 28.5 Å². The van der Waals surface area contributed by atoms with Gasteiger partial charge in [0.25, 0.3) is 5.56 Å². The Bertz CT molecular complexity index is 1050. The van der Waals surface area contributed by atoms with E-state index in [1.807, 2.05) is 23.6 Å². The van der Waals surface area contributed by atoms with Gasteiger partial charge in [0, 0.05) is 0 Å². The molecule has 0 N–H and O–H groups in total. The van der Waals surface area contributed by atoms with Crippen LogP contribution in [0.2, 0.25) is 5.02 Å². The normalized spacial score (nSPS) is 11.2. The second-order valence-corrected chi connectivity index (χ2v) is 6.24. The Hall–Kier alpha value is -2.44. The topological polar surface area (TPSA) is 60.9 Å². The molecule has 0 spiro atoms. The third kappa shape index (κ3) is 2.56. The summed E-state index contributed by atoms with van der Waals surface area (Å²) in [4.78, 5) is 21.8. The number of benzene rings is 1. The van der Waals surface area contributed by atoms with Gasteiger partial charge in [0.2, 0.25) is 5.89 Å². The average Bonchev–Trinajstić information content (AvgIpc) is 3.20. The number of fused-ring (bicyclic) bond motifs is 1. The summed E-state index contributed by atoms with van der Waals surface area (Å²) in [5, 5.41) is 3.04. The molecule has 0 fully saturated rings. The molecule has 0 aliphatic rings. The molecular weight excluding hydrogens is 334 g/mol. The van der Waals surface area contributed by atoms with E-state index in [0.29, 0.717) is 28.5 Å². The van der Waals surface area contributed by atoms with Gasteiger partial charge in [-0.3, -0.25) is 9.36 Å². The van der Waals surface area contributed by atoms with E-state index >= 15 is 0 Å². The molecular formula is C16H10ClN3O2S. The molecule has 5 nitrogen and oxygen atoms in total. The lowest BCUT2D eigenvalue weighted by atomic mass is 10.2. The van der Waals surface area contributed by atoms with E-state index in [2.05, 4.69) is 9.97 Å². The van der Waals surface area contributed by atoms with Crippen LogP contribution < -0.4 is 5.56 Å². The Morgan fingerprint density at radius 3 is 3.00 bits per heavy atom. The van der Waals surface area contributed by atoms with Crippen molar-refractivity contribution in [3.05, 3.63) is 69.4 Å². The average molecular weight is 344 g/mol. The van der Waals surface area contributed by atoms with Crippen molar-refractivity contribution in [2.75, 3.05) is 0 Å². The minimum absolute atomic E-state index is 0.0847. The summed E-state index contributed by atoms with van der Waals surface area (Å²) in [6, 6.07) is 9.10. The molecule has 0 aliphatic carbocycles. The van der Waals surface area contributed by atoms with Crippen molar-refractivity contribution in [1.29, 1.82) is 0 Å². The van der Waals surface area contributed by atoms with E-state index in [4.69, 9.17) is 16.0 Å². The van der Waals surface area contributed by atoms with Gasteiger partial charge in [-0.1, -0.05) is 23.7 Å². The van der Waals surface area contributed by atoms with E-state index < -0.39 is 0 Å². The van der Waals surface area contributed by atoms with Gasteiger partial charge in [-0.25, -0.2) is 9.97 Å². The first kappa shape index (κ1) is 14.2. The highest BCUT2D eigenvalue weighted by molar-refractivity contribution is 7.16. The molecule has 0 saturated carbocycles. The molecule has 4 rings (SSSR count). The molecule has 0 bridgehead atoms. The molecule has 3 aromatic heterocycles. The molecule has 1 aromatic carbocycles. The van der Waals surface area contributed by atoms with E-state index in [9.17, 15) is 4.79 Å². The van der Waals surface area contributed by atoms with Crippen molar-refractivity contribution in [3.8, 4) is 11.5 Å². The monoisotopic (exact) mass is 343 g/mol. The van der Waals surface area contributed by atoms with Gasteiger partial charge < -0.3 is 4.42 Å². The second kappa shape index (κ2) is 5.64. The standard InChI is InChI=1S/C16H10ClN3O2S/c17-13-4-2-1-3-11(13)14-19-10(8-22-14)7-20-9-18-15-12(16(20)21)5-6-23-15/h1-6,8-9H,7H2. The number of aromatic nitrogens is 3. The van der Waals surface area contributed by atoms with Gasteiger partial charge in [0.05, 0.1) is 34.5 Å². The lowest BCUT2D eigenvalue weighted by Gasteiger charge is -2.01. The molecule has 0 radical (unpaired) electrons. The number of hydrogen-bond acceptors (Lipinski definition) is 5. The molecule has 0 amide bonds. The van der Waals surface area contributed by atoms with Gasteiger partial charge in [-0.15, -0.1) is 11.3 Å². The van der Waals surface area contributed by atoms with E-state index in [0.717, 1.165) is 10.4 Å². The molecule has 0 aliphatic heterocycles. The van der Waals surface area contributed by atoms with Crippen LogP contribution in [0.25, 0.3) is 21.7 Å². The molecule has 23 heavy (non-hydrogen) atoms. The minimum atomic E-state index is -0.0847. The second-order valence-electron chi connectivity index (χ2n) is 4.94. The van der Waals surface area contributed by atoms with Crippen molar-refractivity contribution in [1.82, 2.24) is 14.5 Å². The van der Waals surface area contributed by atoms with E-state index in [-0.39, 0.29) is 5.56 Å². The largest absolute Gasteiger partial charge is 0.444 e. The number of nitrogens with zero attached hydrogens (tertiary/aromatic N) is 3. The highest BCUT2D eigenvalue weighted by atomic mass is 35.5. The van der Waals surface area contributed by atoms with Crippen LogP contribution in [0.3, 0.4) is 0 Å². The molecule has 0 unspecified atom stereocenters. The lowest BCUT2D eigenvalue weighted by molar-refractivity contribution is 0.571. The third-order valence-corrected chi connectivity index (χ3v) is 4.59. The van der Waals surface area contributed by atoms with Crippen LogP contribution in [0.5, 0.6) is 0 Å². The number of hydrogen-bond donors (Lipinski definition) is 0. The fourth-order valence-electron chi connectivity index (χ4n) is 2.32. The van der Waals surface area contributed by atoms with Crippen LogP contribution in [0.1, 0.15) is 5.69 Å². The zero-order valence-corrected chi connectivity index (χ0v) is 13.3. The maximum Gasteiger partial charge on any atom is 0.262 e. The summed E-state index contributed by atoms with van der Waals surface area (Å²) >= 11 is 7.59. The van der Waals surface area contributed by atoms with Gasteiger partial charge in [-0.05, 0) is 23.6 Å². The molecule has 0 saturated heterocycles.